The molecule has 2 rings (SSSR count). The molecule has 0 aromatic rings. The molecule has 0 aromatic heterocycles. The SMILES string of the molecule is C=C/C=C(\C=C)NC1CCCC2OCCCC12O.CO. The molecule has 0 radical (unpaired) electrons. The quantitative estimate of drug-likeness (QED) is 0.689. The first kappa shape index (κ1) is 17.0. The molecule has 1 saturated carbocycles. The molecule has 1 aliphatic carbocycles. The molecule has 0 aromatic carbocycles. The Morgan fingerprint density at radius 3 is 2.70 bits per heavy atom. The van der Waals surface area contributed by atoms with Crippen molar-refractivity contribution in [2.45, 2.75) is 49.9 Å². The van der Waals surface area contributed by atoms with E-state index in [9.17, 15) is 5.11 Å². The minimum atomic E-state index is -0.736. The summed E-state index contributed by atoms with van der Waals surface area (Å²) in [4.78, 5) is 0. The van der Waals surface area contributed by atoms with Crippen molar-refractivity contribution in [1.29, 1.82) is 0 Å². The third kappa shape index (κ3) is 3.72. The highest BCUT2D eigenvalue weighted by Crippen LogP contribution is 2.38. The van der Waals surface area contributed by atoms with Gasteiger partial charge in [-0.25, -0.2) is 0 Å². The van der Waals surface area contributed by atoms with Crippen molar-refractivity contribution in [2.24, 2.45) is 0 Å². The molecule has 114 valence electrons. The minimum absolute atomic E-state index is 0.0210. The highest BCUT2D eigenvalue weighted by atomic mass is 16.5. The predicted octanol–water partition coefficient (Wildman–Crippen LogP) is 1.90. The van der Waals surface area contributed by atoms with Crippen LogP contribution >= 0.6 is 0 Å². The van der Waals surface area contributed by atoms with Crippen LogP contribution in [0.5, 0.6) is 0 Å². The molecule has 4 nitrogen and oxygen atoms in total. The highest BCUT2D eigenvalue weighted by Gasteiger charge is 2.48. The first-order chi connectivity index (χ1) is 9.70. The third-order valence-corrected chi connectivity index (χ3v) is 4.02. The van der Waals surface area contributed by atoms with Crippen molar-refractivity contribution >= 4 is 0 Å². The fourth-order valence-corrected chi connectivity index (χ4v) is 3.08. The highest BCUT2D eigenvalue weighted by molar-refractivity contribution is 5.21. The van der Waals surface area contributed by atoms with E-state index in [2.05, 4.69) is 18.5 Å². The van der Waals surface area contributed by atoms with E-state index < -0.39 is 5.60 Å². The molecular weight excluding hydrogens is 254 g/mol. The predicted molar refractivity (Wildman–Crippen MR) is 81.3 cm³/mol. The number of rotatable bonds is 4. The molecule has 2 fully saturated rings. The van der Waals surface area contributed by atoms with E-state index in [4.69, 9.17) is 9.84 Å². The van der Waals surface area contributed by atoms with Crippen molar-refractivity contribution in [3.05, 3.63) is 37.1 Å². The Bertz CT molecular complexity index is 352. The molecule has 3 unspecified atom stereocenters. The molecule has 4 heteroatoms. The van der Waals surface area contributed by atoms with E-state index in [-0.39, 0.29) is 12.1 Å². The lowest BCUT2D eigenvalue weighted by Gasteiger charge is -2.48. The van der Waals surface area contributed by atoms with Gasteiger partial charge in [0.15, 0.2) is 0 Å². The normalized spacial score (nSPS) is 33.2. The molecule has 1 heterocycles. The number of allylic oxidation sites excluding steroid dienone is 3. The van der Waals surface area contributed by atoms with Crippen LogP contribution in [0, 0.1) is 0 Å². The Hall–Kier alpha value is -1.10. The third-order valence-electron chi connectivity index (χ3n) is 4.02. The molecule has 3 atom stereocenters. The second-order valence-electron chi connectivity index (χ2n) is 5.14. The van der Waals surface area contributed by atoms with Crippen LogP contribution in [-0.2, 0) is 4.74 Å². The smallest absolute Gasteiger partial charge is 0.111 e. The van der Waals surface area contributed by atoms with E-state index in [1.165, 1.54) is 0 Å². The largest absolute Gasteiger partial charge is 0.400 e. The van der Waals surface area contributed by atoms with Gasteiger partial charge in [-0.1, -0.05) is 19.2 Å². The van der Waals surface area contributed by atoms with Crippen molar-refractivity contribution in [2.75, 3.05) is 13.7 Å². The number of aliphatic hydroxyl groups is 2. The van der Waals surface area contributed by atoms with Crippen molar-refractivity contribution in [3.63, 3.8) is 0 Å². The fourth-order valence-electron chi connectivity index (χ4n) is 3.08. The maximum atomic E-state index is 10.9. The van der Waals surface area contributed by atoms with Crippen LogP contribution in [0.3, 0.4) is 0 Å². The van der Waals surface area contributed by atoms with Crippen LogP contribution in [-0.4, -0.2) is 41.7 Å². The molecule has 1 saturated heterocycles. The standard InChI is InChI=1S/C15H23NO2.CH4O/c1-3-7-12(4-2)16-13-8-5-9-14-15(13,17)10-6-11-18-14;1-2/h3-4,7,13-14,16-17H,1-2,5-6,8-11H2;2H,1H3/b12-7+;. The van der Waals surface area contributed by atoms with Gasteiger partial charge < -0.3 is 20.3 Å². The molecule has 0 amide bonds. The summed E-state index contributed by atoms with van der Waals surface area (Å²) in [6, 6.07) is 0.0424. The van der Waals surface area contributed by atoms with Gasteiger partial charge in [0.25, 0.3) is 0 Å². The van der Waals surface area contributed by atoms with Gasteiger partial charge in [-0.3, -0.25) is 0 Å². The maximum absolute atomic E-state index is 10.9. The Kier molecular flexibility index (Phi) is 6.99. The van der Waals surface area contributed by atoms with Gasteiger partial charge in [-0.2, -0.15) is 0 Å². The first-order valence-electron chi connectivity index (χ1n) is 7.21. The van der Waals surface area contributed by atoms with Crippen LogP contribution in [0.1, 0.15) is 32.1 Å². The summed E-state index contributed by atoms with van der Waals surface area (Å²) in [5.74, 6) is 0. The average molecular weight is 281 g/mol. The lowest BCUT2D eigenvalue weighted by Crippen LogP contribution is -2.62. The Labute approximate surface area is 121 Å². The van der Waals surface area contributed by atoms with E-state index in [0.717, 1.165) is 51.5 Å². The number of aliphatic hydroxyl groups excluding tert-OH is 1. The summed E-state index contributed by atoms with van der Waals surface area (Å²) in [7, 11) is 1.00. The number of nitrogens with one attached hydrogen (secondary N) is 1. The molecule has 0 bridgehead atoms. The maximum Gasteiger partial charge on any atom is 0.111 e. The molecular formula is C16H27NO3. The van der Waals surface area contributed by atoms with Crippen molar-refractivity contribution in [3.8, 4) is 0 Å². The zero-order chi connectivity index (χ0) is 15.0. The second-order valence-corrected chi connectivity index (χ2v) is 5.14. The minimum Gasteiger partial charge on any atom is -0.400 e. The van der Waals surface area contributed by atoms with E-state index in [0.29, 0.717) is 0 Å². The van der Waals surface area contributed by atoms with Gasteiger partial charge in [-0.05, 0) is 44.3 Å². The molecule has 3 N–H and O–H groups in total. The summed E-state index contributed by atoms with van der Waals surface area (Å²) in [6.45, 7) is 8.24. The zero-order valence-corrected chi connectivity index (χ0v) is 12.3. The van der Waals surface area contributed by atoms with Crippen molar-refractivity contribution in [1.82, 2.24) is 5.32 Å². The number of hydrogen-bond donors (Lipinski definition) is 3. The lowest BCUT2D eigenvalue weighted by molar-refractivity contribution is -0.175. The fraction of sp³-hybridized carbons (Fsp3) is 0.625. The summed E-state index contributed by atoms with van der Waals surface area (Å²) >= 11 is 0. The van der Waals surface area contributed by atoms with Crippen molar-refractivity contribution < 1.29 is 14.9 Å². The van der Waals surface area contributed by atoms with Gasteiger partial charge in [0.1, 0.15) is 5.60 Å². The van der Waals surface area contributed by atoms with Crippen LogP contribution < -0.4 is 5.32 Å². The van der Waals surface area contributed by atoms with Gasteiger partial charge in [0, 0.05) is 19.4 Å². The molecule has 2 aliphatic rings. The Balaban J connectivity index is 0.000000956. The number of ether oxygens (including phenoxy) is 1. The first-order valence-corrected chi connectivity index (χ1v) is 7.21. The summed E-state index contributed by atoms with van der Waals surface area (Å²) in [6.07, 6.45) is 10.1. The summed E-state index contributed by atoms with van der Waals surface area (Å²) in [5, 5.41) is 21.3. The molecule has 0 spiro atoms. The summed E-state index contributed by atoms with van der Waals surface area (Å²) in [5.41, 5.74) is 0.175. The zero-order valence-electron chi connectivity index (χ0n) is 12.3. The van der Waals surface area contributed by atoms with Crippen LogP contribution in [0.4, 0.5) is 0 Å². The molecule has 20 heavy (non-hydrogen) atoms. The topological polar surface area (TPSA) is 61.7 Å². The average Bonchev–Trinajstić information content (AvgIpc) is 2.49. The van der Waals surface area contributed by atoms with Gasteiger partial charge in [0.2, 0.25) is 0 Å². The van der Waals surface area contributed by atoms with Gasteiger partial charge >= 0.3 is 0 Å². The van der Waals surface area contributed by atoms with E-state index in [1.54, 1.807) is 12.2 Å². The van der Waals surface area contributed by atoms with Gasteiger partial charge in [0.05, 0.1) is 12.1 Å². The van der Waals surface area contributed by atoms with E-state index >= 15 is 0 Å². The molecule has 1 aliphatic heterocycles. The van der Waals surface area contributed by atoms with Crippen LogP contribution in [0.15, 0.2) is 37.1 Å². The van der Waals surface area contributed by atoms with Gasteiger partial charge in [-0.15, -0.1) is 0 Å². The lowest BCUT2D eigenvalue weighted by atomic mass is 9.74. The number of fused-ring (bicyclic) bond motifs is 1. The van der Waals surface area contributed by atoms with E-state index in [1.807, 2.05) is 6.08 Å². The monoisotopic (exact) mass is 281 g/mol. The van der Waals surface area contributed by atoms with Crippen LogP contribution in [0.25, 0.3) is 0 Å². The summed E-state index contributed by atoms with van der Waals surface area (Å²) < 4.78 is 5.73. The van der Waals surface area contributed by atoms with Crippen LogP contribution in [0.2, 0.25) is 0 Å². The Morgan fingerprint density at radius 2 is 2.05 bits per heavy atom. The second kappa shape index (κ2) is 8.25. The Morgan fingerprint density at radius 1 is 1.30 bits per heavy atom. The number of hydrogen-bond acceptors (Lipinski definition) is 4.